The van der Waals surface area contributed by atoms with Crippen molar-refractivity contribution in [3.8, 4) is 6.07 Å². The molecular weight excluding hydrogens is 543 g/mol. The van der Waals surface area contributed by atoms with E-state index in [0.29, 0.717) is 6.54 Å². The van der Waals surface area contributed by atoms with Crippen LogP contribution >= 0.6 is 12.2 Å². The molecule has 1 aromatic rings. The van der Waals surface area contributed by atoms with Crippen LogP contribution in [0.25, 0.3) is 0 Å². The molecule has 0 N–H and O–H groups in total. The van der Waals surface area contributed by atoms with E-state index < -0.39 is 22.8 Å². The zero-order valence-electron chi connectivity index (χ0n) is 23.4. The molecule has 2 heterocycles. The second-order valence-corrected chi connectivity index (χ2v) is 11.1. The van der Waals surface area contributed by atoms with Crippen molar-refractivity contribution in [1.82, 2.24) is 14.7 Å². The number of amides is 2. The molecule has 1 aromatic carbocycles. The molecule has 12 heteroatoms. The van der Waals surface area contributed by atoms with Crippen LogP contribution in [0.2, 0.25) is 0 Å². The predicted molar refractivity (Wildman–Crippen MR) is 150 cm³/mol. The number of piperazine rings is 1. The summed E-state index contributed by atoms with van der Waals surface area (Å²) in [4.78, 5) is 32.3. The molecule has 2 fully saturated rings. The maximum absolute atomic E-state index is 13.5. The van der Waals surface area contributed by atoms with Crippen LogP contribution in [0.5, 0.6) is 0 Å². The molecule has 40 heavy (non-hydrogen) atoms. The molecule has 2 aliphatic heterocycles. The van der Waals surface area contributed by atoms with Gasteiger partial charge in [0.05, 0.1) is 22.9 Å². The number of thiocarbonyl (C=S) groups is 1. The second kappa shape index (κ2) is 13.7. The Morgan fingerprint density at radius 2 is 1.65 bits per heavy atom. The Bertz CT molecular complexity index is 1110. The van der Waals surface area contributed by atoms with E-state index in [1.54, 1.807) is 24.8 Å². The van der Waals surface area contributed by atoms with Gasteiger partial charge in [-0.3, -0.25) is 19.4 Å². The SMILES string of the molecule is COCC(=O)N1CCN(CCCCCCCCN2C(=S)N(c3ccc(C#N)c(C(F)(F)F)c3)C(=O)C2(C)C)CC1. The molecular formula is C28H38F3N5O3S. The van der Waals surface area contributed by atoms with Gasteiger partial charge in [-0.25, -0.2) is 0 Å². The van der Waals surface area contributed by atoms with Crippen LogP contribution < -0.4 is 4.90 Å². The number of alkyl halides is 3. The highest BCUT2D eigenvalue weighted by atomic mass is 32.1. The van der Waals surface area contributed by atoms with E-state index in [2.05, 4.69) is 4.90 Å². The van der Waals surface area contributed by atoms with Crippen LogP contribution in [0, 0.1) is 11.3 Å². The minimum absolute atomic E-state index is 0.0138. The minimum Gasteiger partial charge on any atom is -0.375 e. The van der Waals surface area contributed by atoms with E-state index in [9.17, 15) is 22.8 Å². The standard InChI is InChI=1S/C28H38F3N5O3S/c1-27(2)25(38)36(22-11-10-21(19-32)23(18-22)28(29,30)31)26(40)35(27)13-9-7-5-4-6-8-12-33-14-16-34(17-15-33)24(37)20-39-3/h10-11,18H,4-9,12-17,20H2,1-3H3. The quantitative estimate of drug-likeness (QED) is 0.267. The van der Waals surface area contributed by atoms with Gasteiger partial charge in [0.1, 0.15) is 12.1 Å². The van der Waals surface area contributed by atoms with E-state index in [1.165, 1.54) is 13.2 Å². The van der Waals surface area contributed by atoms with Crippen molar-refractivity contribution in [2.24, 2.45) is 0 Å². The van der Waals surface area contributed by atoms with Gasteiger partial charge in [0, 0.05) is 39.8 Å². The summed E-state index contributed by atoms with van der Waals surface area (Å²) in [6.45, 7) is 8.39. The molecule has 0 saturated carbocycles. The first-order valence-electron chi connectivity index (χ1n) is 13.7. The number of benzene rings is 1. The van der Waals surface area contributed by atoms with Crippen LogP contribution in [-0.4, -0.2) is 90.2 Å². The molecule has 3 rings (SSSR count). The van der Waals surface area contributed by atoms with Crippen molar-refractivity contribution in [3.05, 3.63) is 29.3 Å². The minimum atomic E-state index is -4.72. The van der Waals surface area contributed by atoms with Crippen molar-refractivity contribution in [3.63, 3.8) is 0 Å². The van der Waals surface area contributed by atoms with Crippen LogP contribution in [0.1, 0.15) is 63.5 Å². The maximum atomic E-state index is 13.5. The summed E-state index contributed by atoms with van der Waals surface area (Å²) in [6.07, 6.45) is 1.40. The zero-order chi connectivity index (χ0) is 29.5. The molecule has 0 aromatic heterocycles. The largest absolute Gasteiger partial charge is 0.417 e. The van der Waals surface area contributed by atoms with Gasteiger partial charge in [-0.15, -0.1) is 0 Å². The fourth-order valence-electron chi connectivity index (χ4n) is 5.19. The fraction of sp³-hybridized carbons (Fsp3) is 0.643. The Morgan fingerprint density at radius 1 is 1.05 bits per heavy atom. The molecule has 0 atom stereocenters. The van der Waals surface area contributed by atoms with E-state index in [1.807, 2.05) is 4.90 Å². The molecule has 220 valence electrons. The molecule has 0 radical (unpaired) electrons. The van der Waals surface area contributed by atoms with E-state index in [-0.39, 0.29) is 29.2 Å². The first-order valence-corrected chi connectivity index (χ1v) is 14.1. The average Bonchev–Trinajstić information content (AvgIpc) is 3.08. The van der Waals surface area contributed by atoms with Gasteiger partial charge in [-0.2, -0.15) is 18.4 Å². The van der Waals surface area contributed by atoms with Crippen molar-refractivity contribution < 1.29 is 27.5 Å². The molecule has 2 saturated heterocycles. The number of hydrogen-bond donors (Lipinski definition) is 0. The number of ether oxygens (including phenoxy) is 1. The summed E-state index contributed by atoms with van der Waals surface area (Å²) in [5, 5.41) is 9.25. The van der Waals surface area contributed by atoms with Crippen molar-refractivity contribution in [2.45, 2.75) is 64.1 Å². The number of nitrogens with zero attached hydrogens (tertiary/aromatic N) is 5. The van der Waals surface area contributed by atoms with Gasteiger partial charge in [0.2, 0.25) is 5.91 Å². The number of carbonyl (C=O) groups is 2. The zero-order valence-corrected chi connectivity index (χ0v) is 24.2. The third kappa shape index (κ3) is 7.50. The van der Waals surface area contributed by atoms with E-state index in [0.717, 1.165) is 88.3 Å². The highest BCUT2D eigenvalue weighted by molar-refractivity contribution is 7.80. The third-order valence-electron chi connectivity index (χ3n) is 7.61. The van der Waals surface area contributed by atoms with Gasteiger partial charge in [-0.1, -0.05) is 25.7 Å². The number of halogens is 3. The topological polar surface area (TPSA) is 80.1 Å². The Kier molecular flexibility index (Phi) is 10.9. The van der Waals surface area contributed by atoms with Crippen LogP contribution in [-0.2, 0) is 20.5 Å². The lowest BCUT2D eigenvalue weighted by Crippen LogP contribution is -2.49. The summed E-state index contributed by atoms with van der Waals surface area (Å²) in [5.74, 6) is -0.346. The van der Waals surface area contributed by atoms with Crippen LogP contribution in [0.4, 0.5) is 18.9 Å². The molecule has 0 bridgehead atoms. The number of anilines is 1. The van der Waals surface area contributed by atoms with E-state index >= 15 is 0 Å². The first-order chi connectivity index (χ1) is 18.9. The smallest absolute Gasteiger partial charge is 0.375 e. The highest BCUT2D eigenvalue weighted by Gasteiger charge is 2.49. The first kappa shape index (κ1) is 31.8. The Labute approximate surface area is 239 Å². The summed E-state index contributed by atoms with van der Waals surface area (Å²) in [6, 6.07) is 4.79. The molecule has 8 nitrogen and oxygen atoms in total. The maximum Gasteiger partial charge on any atom is 0.417 e. The lowest BCUT2D eigenvalue weighted by Gasteiger charge is -2.34. The summed E-state index contributed by atoms with van der Waals surface area (Å²) >= 11 is 5.55. The lowest BCUT2D eigenvalue weighted by molar-refractivity contribution is -0.138. The fourth-order valence-corrected chi connectivity index (χ4v) is 5.70. The Balaban J connectivity index is 1.41. The van der Waals surface area contributed by atoms with Crippen LogP contribution in [0.3, 0.4) is 0 Å². The summed E-state index contributed by atoms with van der Waals surface area (Å²) in [5.41, 5.74) is -2.55. The van der Waals surface area contributed by atoms with Crippen molar-refractivity contribution >= 4 is 34.8 Å². The number of rotatable bonds is 12. The number of unbranched alkanes of at least 4 members (excludes halogenated alkanes) is 5. The third-order valence-corrected chi connectivity index (χ3v) is 8.01. The number of methoxy groups -OCH3 is 1. The number of carbonyl (C=O) groups excluding carboxylic acids is 2. The molecule has 2 aliphatic rings. The summed E-state index contributed by atoms with van der Waals surface area (Å²) < 4.78 is 45.4. The van der Waals surface area contributed by atoms with Gasteiger partial charge in [0.15, 0.2) is 5.11 Å². The highest BCUT2D eigenvalue weighted by Crippen LogP contribution is 2.38. The predicted octanol–water partition coefficient (Wildman–Crippen LogP) is 4.42. The Hall–Kier alpha value is -2.75. The number of nitriles is 1. The van der Waals surface area contributed by atoms with Gasteiger partial charge >= 0.3 is 6.18 Å². The van der Waals surface area contributed by atoms with Crippen LogP contribution in [0.15, 0.2) is 18.2 Å². The lowest BCUT2D eigenvalue weighted by atomic mass is 10.0. The van der Waals surface area contributed by atoms with Gasteiger partial charge in [0.25, 0.3) is 5.91 Å². The van der Waals surface area contributed by atoms with Crippen molar-refractivity contribution in [2.75, 3.05) is 57.9 Å². The number of hydrogen-bond acceptors (Lipinski definition) is 6. The molecule has 0 aliphatic carbocycles. The second-order valence-electron chi connectivity index (χ2n) is 10.8. The van der Waals surface area contributed by atoms with Gasteiger partial charge in [-0.05, 0) is 63.7 Å². The molecule has 2 amide bonds. The monoisotopic (exact) mass is 581 g/mol. The Morgan fingerprint density at radius 3 is 2.23 bits per heavy atom. The average molecular weight is 582 g/mol. The molecule has 0 spiro atoms. The van der Waals surface area contributed by atoms with Gasteiger partial charge < -0.3 is 14.5 Å². The molecule has 0 unspecified atom stereocenters. The normalized spacial score (nSPS) is 18.0. The summed E-state index contributed by atoms with van der Waals surface area (Å²) in [7, 11) is 1.53. The van der Waals surface area contributed by atoms with E-state index in [4.69, 9.17) is 22.2 Å². The van der Waals surface area contributed by atoms with Crippen molar-refractivity contribution in [1.29, 1.82) is 5.26 Å².